The van der Waals surface area contributed by atoms with Gasteiger partial charge in [-0.05, 0) is 48.0 Å². The van der Waals surface area contributed by atoms with Crippen LogP contribution in [-0.2, 0) is 6.54 Å². The predicted octanol–water partition coefficient (Wildman–Crippen LogP) is 4.14. The first kappa shape index (κ1) is 17.5. The van der Waals surface area contributed by atoms with Gasteiger partial charge in [-0.1, -0.05) is 12.1 Å². The van der Waals surface area contributed by atoms with E-state index in [1.165, 1.54) is 0 Å². The van der Waals surface area contributed by atoms with Crippen LogP contribution in [0.4, 0.5) is 5.69 Å². The van der Waals surface area contributed by atoms with E-state index in [4.69, 9.17) is 9.47 Å². The van der Waals surface area contributed by atoms with Crippen LogP contribution in [0.5, 0.6) is 23.4 Å². The molecule has 0 aliphatic rings. The first-order chi connectivity index (χ1) is 13.7. The Morgan fingerprint density at radius 1 is 0.929 bits per heavy atom. The van der Waals surface area contributed by atoms with Crippen LogP contribution in [0.25, 0.3) is 10.9 Å². The second-order valence-electron chi connectivity index (χ2n) is 6.05. The van der Waals surface area contributed by atoms with Crippen LogP contribution in [0, 0.1) is 0 Å². The number of ether oxygens (including phenoxy) is 2. The fourth-order valence-corrected chi connectivity index (χ4v) is 2.68. The molecule has 0 spiro atoms. The molecule has 2 aromatic carbocycles. The van der Waals surface area contributed by atoms with E-state index in [1.54, 1.807) is 25.6 Å². The maximum Gasteiger partial charge on any atom is 0.325 e. The Hall–Kier alpha value is -3.87. The fourth-order valence-electron chi connectivity index (χ4n) is 2.68. The van der Waals surface area contributed by atoms with Crippen molar-refractivity contribution in [3.8, 4) is 23.4 Å². The number of hydrogen-bond donors (Lipinski definition) is 2. The fraction of sp³-hybridized carbons (Fsp3) is 0.0952. The smallest absolute Gasteiger partial charge is 0.325 e. The molecular weight excluding hydrogens is 356 g/mol. The van der Waals surface area contributed by atoms with Crippen LogP contribution in [0.3, 0.4) is 0 Å². The van der Waals surface area contributed by atoms with Crippen LogP contribution in [-0.4, -0.2) is 27.2 Å². The Bertz CT molecular complexity index is 1080. The molecule has 0 unspecified atom stereocenters. The standard InChI is InChI=1S/C21H18N4O3/c1-27-16-6-2-14(3-7-16)12-23-15-4-8-17(9-5-15)28-21-24-19-13-22-11-10-18(19)20(26)25-21/h2-11,13,23H,12H2,1H3,(H,24,25,26). The summed E-state index contributed by atoms with van der Waals surface area (Å²) >= 11 is 0. The summed E-state index contributed by atoms with van der Waals surface area (Å²) in [7, 11) is 1.65. The molecule has 4 aromatic rings. The summed E-state index contributed by atoms with van der Waals surface area (Å²) in [6.45, 7) is 0.693. The highest BCUT2D eigenvalue weighted by molar-refractivity contribution is 5.82. The molecule has 4 rings (SSSR count). The van der Waals surface area contributed by atoms with Gasteiger partial charge in [-0.3, -0.25) is 4.98 Å². The molecule has 140 valence electrons. The average Bonchev–Trinajstić information content (AvgIpc) is 2.74. The van der Waals surface area contributed by atoms with Crippen molar-refractivity contribution < 1.29 is 14.6 Å². The Morgan fingerprint density at radius 3 is 2.43 bits per heavy atom. The minimum absolute atomic E-state index is 0.0666. The van der Waals surface area contributed by atoms with E-state index in [2.05, 4.69) is 20.3 Å². The number of aromatic nitrogens is 3. The molecule has 0 radical (unpaired) electrons. The lowest BCUT2D eigenvalue weighted by Crippen LogP contribution is -1.99. The lowest BCUT2D eigenvalue weighted by atomic mass is 10.2. The molecule has 0 saturated carbocycles. The molecule has 0 saturated heterocycles. The van der Waals surface area contributed by atoms with Gasteiger partial charge in [-0.25, -0.2) is 0 Å². The number of anilines is 1. The molecule has 2 aromatic heterocycles. The Balaban J connectivity index is 1.41. The zero-order valence-electron chi connectivity index (χ0n) is 15.2. The number of hydrogen-bond acceptors (Lipinski definition) is 7. The van der Waals surface area contributed by atoms with Crippen LogP contribution in [0.15, 0.2) is 67.0 Å². The summed E-state index contributed by atoms with van der Waals surface area (Å²) in [6, 6.07) is 17.0. The third-order valence-corrected chi connectivity index (χ3v) is 4.18. The van der Waals surface area contributed by atoms with Crippen LogP contribution in [0.1, 0.15) is 5.56 Å². The molecule has 0 bridgehead atoms. The number of benzene rings is 2. The van der Waals surface area contributed by atoms with Gasteiger partial charge in [-0.15, -0.1) is 0 Å². The summed E-state index contributed by atoms with van der Waals surface area (Å²) in [5.74, 6) is 1.26. The van der Waals surface area contributed by atoms with Crippen molar-refractivity contribution in [3.63, 3.8) is 0 Å². The van der Waals surface area contributed by atoms with Crippen molar-refractivity contribution in [2.24, 2.45) is 0 Å². The summed E-state index contributed by atoms with van der Waals surface area (Å²) in [6.07, 6.45) is 3.12. The van der Waals surface area contributed by atoms with Gasteiger partial charge in [0.2, 0.25) is 5.88 Å². The van der Waals surface area contributed by atoms with Crippen molar-refractivity contribution >= 4 is 16.6 Å². The van der Waals surface area contributed by atoms with Gasteiger partial charge in [0.1, 0.15) is 11.5 Å². The monoisotopic (exact) mass is 374 g/mol. The van der Waals surface area contributed by atoms with Gasteiger partial charge in [-0.2, -0.15) is 9.97 Å². The quantitative estimate of drug-likeness (QED) is 0.524. The molecule has 28 heavy (non-hydrogen) atoms. The molecule has 0 aliphatic carbocycles. The van der Waals surface area contributed by atoms with E-state index in [0.717, 1.165) is 17.0 Å². The number of pyridine rings is 1. The SMILES string of the molecule is COc1ccc(CNc2ccc(Oc3nc(O)c4ccncc4n3)cc2)cc1. The van der Waals surface area contributed by atoms with E-state index in [0.29, 0.717) is 23.2 Å². The van der Waals surface area contributed by atoms with Crippen molar-refractivity contribution in [2.75, 3.05) is 12.4 Å². The maximum atomic E-state index is 10.0. The zero-order valence-corrected chi connectivity index (χ0v) is 15.2. The summed E-state index contributed by atoms with van der Waals surface area (Å²) in [5.41, 5.74) is 2.62. The van der Waals surface area contributed by atoms with E-state index >= 15 is 0 Å². The highest BCUT2D eigenvalue weighted by atomic mass is 16.5. The van der Waals surface area contributed by atoms with E-state index in [9.17, 15) is 5.11 Å². The highest BCUT2D eigenvalue weighted by Crippen LogP contribution is 2.26. The van der Waals surface area contributed by atoms with Gasteiger partial charge >= 0.3 is 6.01 Å². The molecule has 0 atom stereocenters. The summed E-state index contributed by atoms with van der Waals surface area (Å²) < 4.78 is 10.8. The topological polar surface area (TPSA) is 89.4 Å². The molecule has 2 heterocycles. The maximum absolute atomic E-state index is 10.0. The second-order valence-corrected chi connectivity index (χ2v) is 6.05. The molecule has 0 fully saturated rings. The van der Waals surface area contributed by atoms with Crippen LogP contribution < -0.4 is 14.8 Å². The Morgan fingerprint density at radius 2 is 1.68 bits per heavy atom. The molecule has 7 heteroatoms. The summed E-state index contributed by atoms with van der Waals surface area (Å²) in [4.78, 5) is 12.2. The number of rotatable bonds is 6. The molecular formula is C21H18N4O3. The predicted molar refractivity (Wildman–Crippen MR) is 106 cm³/mol. The molecule has 7 nitrogen and oxygen atoms in total. The van der Waals surface area contributed by atoms with E-state index in [-0.39, 0.29) is 11.9 Å². The van der Waals surface area contributed by atoms with Gasteiger partial charge in [0.15, 0.2) is 0 Å². The van der Waals surface area contributed by atoms with Crippen molar-refractivity contribution in [1.82, 2.24) is 15.0 Å². The van der Waals surface area contributed by atoms with Gasteiger partial charge in [0, 0.05) is 18.4 Å². The second kappa shape index (κ2) is 7.79. The Kier molecular flexibility index (Phi) is 4.88. The summed E-state index contributed by atoms with van der Waals surface area (Å²) in [5, 5.41) is 13.9. The molecule has 0 amide bonds. The van der Waals surface area contributed by atoms with Crippen molar-refractivity contribution in [2.45, 2.75) is 6.54 Å². The number of fused-ring (bicyclic) bond motifs is 1. The van der Waals surface area contributed by atoms with Crippen LogP contribution in [0.2, 0.25) is 0 Å². The van der Waals surface area contributed by atoms with Gasteiger partial charge < -0.3 is 19.9 Å². The minimum atomic E-state index is -0.139. The minimum Gasteiger partial charge on any atom is -0.497 e. The number of nitrogens with one attached hydrogen (secondary N) is 1. The van der Waals surface area contributed by atoms with E-state index in [1.807, 2.05) is 48.5 Å². The first-order valence-electron chi connectivity index (χ1n) is 8.67. The average molecular weight is 374 g/mol. The van der Waals surface area contributed by atoms with Gasteiger partial charge in [0.05, 0.1) is 24.2 Å². The third-order valence-electron chi connectivity index (χ3n) is 4.18. The number of aromatic hydroxyl groups is 1. The molecule has 2 N–H and O–H groups in total. The first-order valence-corrected chi connectivity index (χ1v) is 8.67. The third kappa shape index (κ3) is 3.93. The number of methoxy groups -OCH3 is 1. The van der Waals surface area contributed by atoms with Crippen molar-refractivity contribution in [1.29, 1.82) is 0 Å². The van der Waals surface area contributed by atoms with Crippen molar-refractivity contribution in [3.05, 3.63) is 72.6 Å². The number of nitrogens with zero attached hydrogens (tertiary/aromatic N) is 3. The van der Waals surface area contributed by atoms with Gasteiger partial charge in [0.25, 0.3) is 0 Å². The largest absolute Gasteiger partial charge is 0.497 e. The lowest BCUT2D eigenvalue weighted by molar-refractivity contribution is 0.412. The molecule has 0 aliphatic heterocycles. The lowest BCUT2D eigenvalue weighted by Gasteiger charge is -2.09. The normalized spacial score (nSPS) is 10.6. The zero-order chi connectivity index (χ0) is 19.3. The highest BCUT2D eigenvalue weighted by Gasteiger charge is 2.08. The van der Waals surface area contributed by atoms with Crippen LogP contribution >= 0.6 is 0 Å². The van der Waals surface area contributed by atoms with E-state index < -0.39 is 0 Å². The Labute approximate surface area is 161 Å².